The summed E-state index contributed by atoms with van der Waals surface area (Å²) in [7, 11) is 0. The molecule has 0 unspecified atom stereocenters. The Bertz CT molecular complexity index is 762. The van der Waals surface area contributed by atoms with E-state index in [4.69, 9.17) is 0 Å². The summed E-state index contributed by atoms with van der Waals surface area (Å²) < 4.78 is 1.87. The molecule has 124 valence electrons. The standard InChI is InChI=1S/C18H21N5S/c1-2-19-18(21-14-17-9-6-12-24-17)20-13-15-10-11-23(22-15)16-7-4-3-5-8-16/h3-12H,2,13-14H2,1H3,(H2,19,20,21). The number of guanidine groups is 1. The number of benzene rings is 1. The van der Waals surface area contributed by atoms with Gasteiger partial charge < -0.3 is 10.6 Å². The summed E-state index contributed by atoms with van der Waals surface area (Å²) in [5.41, 5.74) is 1.99. The number of hydrogen-bond acceptors (Lipinski definition) is 3. The Hall–Kier alpha value is -2.60. The van der Waals surface area contributed by atoms with Crippen molar-refractivity contribution in [3.05, 3.63) is 70.7 Å². The molecule has 3 aromatic rings. The molecular formula is C18H21N5S. The summed E-state index contributed by atoms with van der Waals surface area (Å²) in [5, 5.41) is 13.3. The van der Waals surface area contributed by atoms with Crippen LogP contribution in [0.3, 0.4) is 0 Å². The average molecular weight is 339 g/mol. The second kappa shape index (κ2) is 8.31. The summed E-state index contributed by atoms with van der Waals surface area (Å²) in [6, 6.07) is 16.3. The van der Waals surface area contributed by atoms with Crippen LogP contribution in [-0.4, -0.2) is 22.3 Å². The first-order valence-electron chi connectivity index (χ1n) is 7.99. The third-order valence-corrected chi connectivity index (χ3v) is 4.29. The van der Waals surface area contributed by atoms with Crippen molar-refractivity contribution < 1.29 is 0 Å². The van der Waals surface area contributed by atoms with Gasteiger partial charge in [-0.05, 0) is 36.6 Å². The molecule has 0 spiro atoms. The van der Waals surface area contributed by atoms with Gasteiger partial charge in [0.25, 0.3) is 0 Å². The van der Waals surface area contributed by atoms with Crippen molar-refractivity contribution in [2.24, 2.45) is 4.99 Å². The van der Waals surface area contributed by atoms with Crippen LogP contribution in [0.25, 0.3) is 5.69 Å². The number of aromatic nitrogens is 2. The topological polar surface area (TPSA) is 54.2 Å². The maximum Gasteiger partial charge on any atom is 0.191 e. The monoisotopic (exact) mass is 339 g/mol. The normalized spacial score (nSPS) is 11.5. The van der Waals surface area contributed by atoms with Crippen LogP contribution in [0.15, 0.2) is 65.1 Å². The van der Waals surface area contributed by atoms with Crippen LogP contribution in [0.1, 0.15) is 17.5 Å². The third-order valence-electron chi connectivity index (χ3n) is 3.42. The number of thiophene rings is 1. The van der Waals surface area contributed by atoms with Gasteiger partial charge in [0.1, 0.15) is 0 Å². The van der Waals surface area contributed by atoms with Crippen molar-refractivity contribution in [3.8, 4) is 5.69 Å². The minimum Gasteiger partial charge on any atom is -0.357 e. The first kappa shape index (κ1) is 16.3. The highest BCUT2D eigenvalue weighted by Gasteiger charge is 2.02. The van der Waals surface area contributed by atoms with E-state index in [0.717, 1.165) is 30.4 Å². The van der Waals surface area contributed by atoms with Crippen LogP contribution in [-0.2, 0) is 13.1 Å². The largest absolute Gasteiger partial charge is 0.357 e. The number of para-hydroxylation sites is 1. The van der Waals surface area contributed by atoms with Gasteiger partial charge in [-0.2, -0.15) is 5.10 Å². The molecule has 5 nitrogen and oxygen atoms in total. The van der Waals surface area contributed by atoms with Gasteiger partial charge in [-0.15, -0.1) is 11.3 Å². The summed E-state index contributed by atoms with van der Waals surface area (Å²) in [4.78, 5) is 5.90. The Morgan fingerprint density at radius 2 is 2.00 bits per heavy atom. The number of rotatable bonds is 6. The van der Waals surface area contributed by atoms with E-state index in [1.807, 2.05) is 47.3 Å². The van der Waals surface area contributed by atoms with Gasteiger partial charge in [0.2, 0.25) is 0 Å². The Morgan fingerprint density at radius 1 is 1.12 bits per heavy atom. The van der Waals surface area contributed by atoms with E-state index in [0.29, 0.717) is 6.54 Å². The first-order chi connectivity index (χ1) is 11.8. The van der Waals surface area contributed by atoms with Crippen molar-refractivity contribution in [1.82, 2.24) is 20.4 Å². The van der Waals surface area contributed by atoms with Gasteiger partial charge in [-0.25, -0.2) is 9.67 Å². The summed E-state index contributed by atoms with van der Waals surface area (Å²) in [5.74, 6) is 0.806. The molecule has 0 amide bonds. The Labute approximate surface area is 146 Å². The number of nitrogens with zero attached hydrogens (tertiary/aromatic N) is 3. The lowest BCUT2D eigenvalue weighted by Crippen LogP contribution is -2.36. The Kier molecular flexibility index (Phi) is 5.63. The maximum atomic E-state index is 4.61. The fourth-order valence-corrected chi connectivity index (χ4v) is 2.90. The average Bonchev–Trinajstić information content (AvgIpc) is 3.30. The van der Waals surface area contributed by atoms with Gasteiger partial charge in [0, 0.05) is 17.6 Å². The van der Waals surface area contributed by atoms with Gasteiger partial charge >= 0.3 is 0 Å². The molecule has 0 aliphatic heterocycles. The number of hydrogen-bond donors (Lipinski definition) is 2. The highest BCUT2D eigenvalue weighted by molar-refractivity contribution is 7.09. The molecule has 0 bridgehead atoms. The van der Waals surface area contributed by atoms with Crippen molar-refractivity contribution >= 4 is 17.3 Å². The molecular weight excluding hydrogens is 318 g/mol. The number of aliphatic imine (C=N–C) groups is 1. The predicted octanol–water partition coefficient (Wildman–Crippen LogP) is 3.19. The van der Waals surface area contributed by atoms with Crippen molar-refractivity contribution in [1.29, 1.82) is 0 Å². The molecule has 0 saturated heterocycles. The molecule has 6 heteroatoms. The fraction of sp³-hybridized carbons (Fsp3) is 0.222. The summed E-state index contributed by atoms with van der Waals surface area (Å²) >= 11 is 1.74. The Balaban J connectivity index is 1.62. The van der Waals surface area contributed by atoms with E-state index in [9.17, 15) is 0 Å². The Morgan fingerprint density at radius 3 is 2.75 bits per heavy atom. The zero-order chi connectivity index (χ0) is 16.6. The lowest BCUT2D eigenvalue weighted by Gasteiger charge is -2.09. The first-order valence-corrected chi connectivity index (χ1v) is 8.87. The lowest BCUT2D eigenvalue weighted by molar-refractivity contribution is 0.801. The quantitative estimate of drug-likeness (QED) is 0.536. The van der Waals surface area contributed by atoms with Crippen LogP contribution in [0, 0.1) is 0 Å². The summed E-state index contributed by atoms with van der Waals surface area (Å²) in [6.45, 7) is 4.21. The van der Waals surface area contributed by atoms with E-state index in [-0.39, 0.29) is 0 Å². The van der Waals surface area contributed by atoms with E-state index in [1.54, 1.807) is 11.3 Å². The zero-order valence-corrected chi connectivity index (χ0v) is 14.5. The highest BCUT2D eigenvalue weighted by atomic mass is 32.1. The minimum atomic E-state index is 0.541. The minimum absolute atomic E-state index is 0.541. The molecule has 0 aliphatic carbocycles. The molecule has 0 aliphatic rings. The molecule has 3 rings (SSSR count). The van der Waals surface area contributed by atoms with E-state index >= 15 is 0 Å². The SMILES string of the molecule is CCNC(=NCc1ccn(-c2ccccc2)n1)NCc1cccs1. The third kappa shape index (κ3) is 4.45. The molecule has 2 N–H and O–H groups in total. The fourth-order valence-electron chi connectivity index (χ4n) is 2.26. The van der Waals surface area contributed by atoms with E-state index in [2.05, 4.69) is 45.2 Å². The molecule has 24 heavy (non-hydrogen) atoms. The molecule has 1 aromatic carbocycles. The van der Waals surface area contributed by atoms with Gasteiger partial charge in [-0.3, -0.25) is 0 Å². The van der Waals surface area contributed by atoms with Crippen molar-refractivity contribution in [2.75, 3.05) is 6.54 Å². The van der Waals surface area contributed by atoms with Crippen LogP contribution >= 0.6 is 11.3 Å². The van der Waals surface area contributed by atoms with Crippen LogP contribution in [0.5, 0.6) is 0 Å². The summed E-state index contributed by atoms with van der Waals surface area (Å²) in [6.07, 6.45) is 1.96. The van der Waals surface area contributed by atoms with Crippen LogP contribution in [0.2, 0.25) is 0 Å². The van der Waals surface area contributed by atoms with Gasteiger partial charge in [0.05, 0.1) is 24.5 Å². The van der Waals surface area contributed by atoms with Crippen LogP contribution in [0.4, 0.5) is 0 Å². The van der Waals surface area contributed by atoms with Crippen LogP contribution < -0.4 is 10.6 Å². The highest BCUT2D eigenvalue weighted by Crippen LogP contribution is 2.08. The molecule has 0 saturated carbocycles. The second-order valence-corrected chi connectivity index (χ2v) is 6.25. The number of nitrogens with one attached hydrogen (secondary N) is 2. The van der Waals surface area contributed by atoms with Gasteiger partial charge in [0.15, 0.2) is 5.96 Å². The zero-order valence-electron chi connectivity index (χ0n) is 13.6. The molecule has 0 fully saturated rings. The molecule has 0 atom stereocenters. The molecule has 2 heterocycles. The van der Waals surface area contributed by atoms with E-state index in [1.165, 1.54) is 4.88 Å². The molecule has 2 aromatic heterocycles. The van der Waals surface area contributed by atoms with Crippen molar-refractivity contribution in [3.63, 3.8) is 0 Å². The predicted molar refractivity (Wildman–Crippen MR) is 99.5 cm³/mol. The smallest absolute Gasteiger partial charge is 0.191 e. The van der Waals surface area contributed by atoms with Crippen molar-refractivity contribution in [2.45, 2.75) is 20.0 Å². The molecule has 0 radical (unpaired) electrons. The van der Waals surface area contributed by atoms with E-state index < -0.39 is 0 Å². The van der Waals surface area contributed by atoms with Gasteiger partial charge in [-0.1, -0.05) is 24.3 Å². The second-order valence-electron chi connectivity index (χ2n) is 5.22. The maximum absolute atomic E-state index is 4.61. The lowest BCUT2D eigenvalue weighted by atomic mass is 10.3.